The number of methoxy groups -OCH3 is 1. The molecule has 1 aliphatic rings. The lowest BCUT2D eigenvalue weighted by molar-refractivity contribution is -0.131. The third-order valence-electron chi connectivity index (χ3n) is 4.03. The molecule has 0 aliphatic carbocycles. The first-order chi connectivity index (χ1) is 12.8. The molecule has 1 fully saturated rings. The van der Waals surface area contributed by atoms with Crippen molar-refractivity contribution < 1.29 is 27.5 Å². The Balaban J connectivity index is 2.02. The standard InChI is InChI=1S/C18H16N2O6S/c1-12-3-9-15(10-4-12)27(24,25)20-17(22)11-16(21)19(18(20)23)13-5-7-14(26-2)8-6-13/h3-10H,11H2,1-2H3. The molecule has 1 heterocycles. The quantitative estimate of drug-likeness (QED) is 0.743. The Morgan fingerprint density at radius 2 is 1.48 bits per heavy atom. The number of sulfonamides is 1. The van der Waals surface area contributed by atoms with Crippen LogP contribution in [0.4, 0.5) is 10.5 Å². The molecule has 0 bridgehead atoms. The normalized spacial score (nSPS) is 15.3. The van der Waals surface area contributed by atoms with Crippen molar-refractivity contribution in [1.82, 2.24) is 4.31 Å². The number of nitrogens with zero attached hydrogens (tertiary/aromatic N) is 2. The van der Waals surface area contributed by atoms with Crippen molar-refractivity contribution >= 4 is 33.6 Å². The van der Waals surface area contributed by atoms with E-state index in [0.717, 1.165) is 5.56 Å². The molecule has 0 saturated carbocycles. The average molecular weight is 388 g/mol. The fourth-order valence-electron chi connectivity index (χ4n) is 2.62. The highest BCUT2D eigenvalue weighted by Gasteiger charge is 2.45. The summed E-state index contributed by atoms with van der Waals surface area (Å²) in [6.45, 7) is 1.78. The lowest BCUT2D eigenvalue weighted by Crippen LogP contribution is -2.57. The van der Waals surface area contributed by atoms with Gasteiger partial charge in [0.05, 0.1) is 17.7 Å². The summed E-state index contributed by atoms with van der Waals surface area (Å²) >= 11 is 0. The lowest BCUT2D eigenvalue weighted by Gasteiger charge is -2.31. The van der Waals surface area contributed by atoms with Crippen LogP contribution in [0.25, 0.3) is 0 Å². The maximum atomic E-state index is 12.8. The van der Waals surface area contributed by atoms with E-state index in [-0.39, 0.29) is 14.9 Å². The monoisotopic (exact) mass is 388 g/mol. The summed E-state index contributed by atoms with van der Waals surface area (Å²) in [4.78, 5) is 37.7. The average Bonchev–Trinajstić information content (AvgIpc) is 2.62. The molecule has 0 radical (unpaired) electrons. The van der Waals surface area contributed by atoms with E-state index in [1.165, 1.54) is 43.5 Å². The number of carbonyl (C=O) groups excluding carboxylic acids is 3. The van der Waals surface area contributed by atoms with Gasteiger partial charge < -0.3 is 4.74 Å². The zero-order valence-corrected chi connectivity index (χ0v) is 15.4. The first kappa shape index (κ1) is 18.6. The van der Waals surface area contributed by atoms with Crippen LogP contribution in [-0.2, 0) is 19.6 Å². The molecule has 0 aromatic heterocycles. The fraction of sp³-hybridized carbons (Fsp3) is 0.167. The third kappa shape index (κ3) is 3.28. The summed E-state index contributed by atoms with van der Waals surface area (Å²) < 4.78 is 30.8. The Labute approximate surface area is 156 Å². The van der Waals surface area contributed by atoms with Gasteiger partial charge in [0.2, 0.25) is 5.91 Å². The van der Waals surface area contributed by atoms with Crippen molar-refractivity contribution in [3.63, 3.8) is 0 Å². The van der Waals surface area contributed by atoms with Crippen LogP contribution in [0.15, 0.2) is 53.4 Å². The number of barbiturate groups is 1. The molecule has 140 valence electrons. The van der Waals surface area contributed by atoms with Crippen LogP contribution in [0.2, 0.25) is 0 Å². The summed E-state index contributed by atoms with van der Waals surface area (Å²) in [7, 11) is -2.98. The van der Waals surface area contributed by atoms with Crippen LogP contribution in [0.3, 0.4) is 0 Å². The smallest absolute Gasteiger partial charge is 0.352 e. The molecular weight excluding hydrogens is 372 g/mol. The van der Waals surface area contributed by atoms with E-state index in [2.05, 4.69) is 0 Å². The summed E-state index contributed by atoms with van der Waals surface area (Å²) in [6, 6.07) is 10.4. The highest BCUT2D eigenvalue weighted by atomic mass is 32.2. The summed E-state index contributed by atoms with van der Waals surface area (Å²) in [5.74, 6) is -1.39. The number of carbonyl (C=O) groups is 3. The highest BCUT2D eigenvalue weighted by molar-refractivity contribution is 7.90. The second-order valence-electron chi connectivity index (χ2n) is 5.86. The van der Waals surface area contributed by atoms with Crippen molar-refractivity contribution in [2.45, 2.75) is 18.2 Å². The molecule has 1 aliphatic heterocycles. The molecule has 1 saturated heterocycles. The number of aryl methyl sites for hydroxylation is 1. The number of anilines is 1. The van der Waals surface area contributed by atoms with Crippen molar-refractivity contribution in [2.75, 3.05) is 12.0 Å². The molecule has 2 aromatic rings. The fourth-order valence-corrected chi connectivity index (χ4v) is 3.93. The number of amides is 4. The molecule has 4 amide bonds. The van der Waals surface area contributed by atoms with E-state index in [9.17, 15) is 22.8 Å². The number of hydrogen-bond donors (Lipinski definition) is 0. The summed E-state index contributed by atoms with van der Waals surface area (Å²) in [5.41, 5.74) is 0.961. The lowest BCUT2D eigenvalue weighted by atomic mass is 10.2. The minimum atomic E-state index is -4.44. The maximum Gasteiger partial charge on any atom is 0.352 e. The van der Waals surface area contributed by atoms with E-state index in [1.54, 1.807) is 19.1 Å². The van der Waals surface area contributed by atoms with Gasteiger partial charge in [0.1, 0.15) is 12.2 Å². The largest absolute Gasteiger partial charge is 0.497 e. The molecule has 0 N–H and O–H groups in total. The van der Waals surface area contributed by atoms with Gasteiger partial charge in [-0.25, -0.2) is 18.1 Å². The van der Waals surface area contributed by atoms with E-state index < -0.39 is 34.3 Å². The van der Waals surface area contributed by atoms with Crippen LogP contribution in [0.1, 0.15) is 12.0 Å². The Morgan fingerprint density at radius 3 is 2.04 bits per heavy atom. The molecule has 9 heteroatoms. The number of ether oxygens (including phenoxy) is 1. The van der Waals surface area contributed by atoms with E-state index in [1.807, 2.05) is 0 Å². The number of rotatable bonds is 4. The van der Waals surface area contributed by atoms with Gasteiger partial charge in [0.15, 0.2) is 0 Å². The van der Waals surface area contributed by atoms with Crippen molar-refractivity contribution in [1.29, 1.82) is 0 Å². The zero-order valence-electron chi connectivity index (χ0n) is 14.6. The van der Waals surface area contributed by atoms with Crippen LogP contribution in [0, 0.1) is 6.92 Å². The minimum Gasteiger partial charge on any atom is -0.497 e. The van der Waals surface area contributed by atoms with Crippen LogP contribution >= 0.6 is 0 Å². The SMILES string of the molecule is COc1ccc(N2C(=O)CC(=O)N(S(=O)(=O)c3ccc(C)cc3)C2=O)cc1. The van der Waals surface area contributed by atoms with Crippen molar-refractivity contribution in [2.24, 2.45) is 0 Å². The predicted octanol–water partition coefficient (Wildman–Crippen LogP) is 2.08. The number of imide groups is 2. The van der Waals surface area contributed by atoms with Crippen LogP contribution in [-0.4, -0.2) is 37.7 Å². The van der Waals surface area contributed by atoms with E-state index in [4.69, 9.17) is 4.74 Å². The Bertz CT molecular complexity index is 1010. The van der Waals surface area contributed by atoms with Gasteiger partial charge in [-0.1, -0.05) is 17.7 Å². The zero-order chi connectivity index (χ0) is 19.8. The van der Waals surface area contributed by atoms with Gasteiger partial charge in [-0.05, 0) is 43.3 Å². The predicted molar refractivity (Wildman–Crippen MR) is 95.7 cm³/mol. The number of hydrogen-bond acceptors (Lipinski definition) is 6. The molecule has 0 atom stereocenters. The molecule has 0 spiro atoms. The van der Waals surface area contributed by atoms with Crippen molar-refractivity contribution in [3.8, 4) is 5.75 Å². The molecule has 3 rings (SSSR count). The summed E-state index contributed by atoms with van der Waals surface area (Å²) in [5, 5.41) is 0. The molecular formula is C18H16N2O6S. The van der Waals surface area contributed by atoms with Gasteiger partial charge in [0, 0.05) is 0 Å². The first-order valence-electron chi connectivity index (χ1n) is 7.91. The van der Waals surface area contributed by atoms with Gasteiger partial charge in [-0.15, -0.1) is 0 Å². The molecule has 8 nitrogen and oxygen atoms in total. The molecule has 0 unspecified atom stereocenters. The van der Waals surface area contributed by atoms with Crippen molar-refractivity contribution in [3.05, 3.63) is 54.1 Å². The second-order valence-corrected chi connectivity index (χ2v) is 7.65. The van der Waals surface area contributed by atoms with Gasteiger partial charge in [0.25, 0.3) is 15.9 Å². The Morgan fingerprint density at radius 1 is 0.889 bits per heavy atom. The van der Waals surface area contributed by atoms with Gasteiger partial charge in [-0.3, -0.25) is 9.59 Å². The molecule has 27 heavy (non-hydrogen) atoms. The van der Waals surface area contributed by atoms with Gasteiger partial charge >= 0.3 is 6.03 Å². The maximum absolute atomic E-state index is 12.8. The number of benzene rings is 2. The van der Waals surface area contributed by atoms with Crippen LogP contribution < -0.4 is 9.64 Å². The summed E-state index contributed by atoms with van der Waals surface area (Å²) in [6.07, 6.45) is -0.733. The highest BCUT2D eigenvalue weighted by Crippen LogP contribution is 2.28. The Hall–Kier alpha value is -3.20. The van der Waals surface area contributed by atoms with Crippen LogP contribution in [0.5, 0.6) is 5.75 Å². The first-order valence-corrected chi connectivity index (χ1v) is 9.35. The van der Waals surface area contributed by atoms with E-state index in [0.29, 0.717) is 10.6 Å². The molecule has 2 aromatic carbocycles. The topological polar surface area (TPSA) is 101 Å². The van der Waals surface area contributed by atoms with Gasteiger partial charge in [-0.2, -0.15) is 4.31 Å². The number of urea groups is 1. The second kappa shape index (κ2) is 6.84. The van der Waals surface area contributed by atoms with E-state index >= 15 is 0 Å². The minimum absolute atomic E-state index is 0.141. The Kier molecular flexibility index (Phi) is 4.71. The third-order valence-corrected chi connectivity index (χ3v) is 5.74.